The Hall–Kier alpha value is -2.37. The molecule has 0 saturated carbocycles. The Balaban J connectivity index is 4.11. The van der Waals surface area contributed by atoms with Gasteiger partial charge < -0.3 is 14.2 Å². The molecule has 0 bridgehead atoms. The molecule has 0 spiro atoms. The first-order chi connectivity index (χ1) is 35.5. The summed E-state index contributed by atoms with van der Waals surface area (Å²) in [6, 6.07) is 0. The normalized spacial score (nSPS) is 12.2. The Kier molecular flexibility index (Phi) is 59.2. The van der Waals surface area contributed by atoms with E-state index in [1.165, 1.54) is 244 Å². The van der Waals surface area contributed by atoms with Gasteiger partial charge in [-0.15, -0.1) is 0 Å². The van der Waals surface area contributed by atoms with Gasteiger partial charge in [0.05, 0.1) is 0 Å². The van der Waals surface area contributed by atoms with Gasteiger partial charge in [0.1, 0.15) is 13.2 Å². The van der Waals surface area contributed by atoms with Crippen molar-refractivity contribution >= 4 is 17.9 Å². The topological polar surface area (TPSA) is 78.9 Å². The van der Waals surface area contributed by atoms with Crippen LogP contribution >= 0.6 is 0 Å². The van der Waals surface area contributed by atoms with E-state index < -0.39 is 6.10 Å². The van der Waals surface area contributed by atoms with Gasteiger partial charge in [-0.1, -0.05) is 288 Å². The van der Waals surface area contributed by atoms with Crippen LogP contribution in [0.25, 0.3) is 0 Å². The van der Waals surface area contributed by atoms with Gasteiger partial charge in [-0.25, -0.2) is 0 Å². The molecule has 0 aliphatic carbocycles. The predicted molar refractivity (Wildman–Crippen MR) is 312 cm³/mol. The average Bonchev–Trinajstić information content (AvgIpc) is 3.38. The first-order valence-corrected chi connectivity index (χ1v) is 32.0. The van der Waals surface area contributed by atoms with Crippen molar-refractivity contribution in [2.45, 2.75) is 354 Å². The zero-order valence-electron chi connectivity index (χ0n) is 48.5. The van der Waals surface area contributed by atoms with Gasteiger partial charge in [-0.05, 0) is 77.0 Å². The fraction of sp³-hybridized carbons (Fsp3) is 0.864. The largest absolute Gasteiger partial charge is 0.462 e. The van der Waals surface area contributed by atoms with Crippen molar-refractivity contribution in [1.82, 2.24) is 0 Å². The minimum atomic E-state index is -0.769. The van der Waals surface area contributed by atoms with Gasteiger partial charge in [-0.2, -0.15) is 0 Å². The van der Waals surface area contributed by atoms with Gasteiger partial charge >= 0.3 is 17.9 Å². The molecule has 0 saturated heterocycles. The molecular formula is C66H122O6. The Morgan fingerprint density at radius 1 is 0.278 bits per heavy atom. The van der Waals surface area contributed by atoms with E-state index in [2.05, 4.69) is 57.2 Å². The molecule has 0 aromatic heterocycles. The van der Waals surface area contributed by atoms with E-state index in [9.17, 15) is 14.4 Å². The van der Waals surface area contributed by atoms with Crippen molar-refractivity contribution in [2.75, 3.05) is 13.2 Å². The van der Waals surface area contributed by atoms with Gasteiger partial charge in [-0.3, -0.25) is 14.4 Å². The summed E-state index contributed by atoms with van der Waals surface area (Å²) >= 11 is 0. The molecule has 0 aliphatic rings. The third kappa shape index (κ3) is 58.5. The summed E-state index contributed by atoms with van der Waals surface area (Å²) in [5.41, 5.74) is 0. The minimum Gasteiger partial charge on any atom is -0.462 e. The number of rotatable bonds is 59. The molecular weight excluding hydrogens is 889 g/mol. The van der Waals surface area contributed by atoms with Crippen LogP contribution in [0.15, 0.2) is 36.5 Å². The van der Waals surface area contributed by atoms with Crippen LogP contribution in [0.4, 0.5) is 0 Å². The van der Waals surface area contributed by atoms with Crippen LogP contribution in [-0.2, 0) is 28.6 Å². The van der Waals surface area contributed by atoms with Crippen molar-refractivity contribution in [2.24, 2.45) is 0 Å². The second kappa shape index (κ2) is 61.2. The average molecular weight is 1010 g/mol. The fourth-order valence-corrected chi connectivity index (χ4v) is 9.53. The van der Waals surface area contributed by atoms with Gasteiger partial charge in [0.25, 0.3) is 0 Å². The maximum atomic E-state index is 12.9. The second-order valence-corrected chi connectivity index (χ2v) is 21.7. The zero-order valence-corrected chi connectivity index (χ0v) is 48.5. The SMILES string of the molecule is CCCCCCC/C=C\C/C=C\CCCCCCCCCCCCCCCCCC(=O)OCC(COC(=O)CCCCCCCCCC)OC(=O)CCCCCCCCCCC/C=C\CCCCCCCC. The van der Waals surface area contributed by atoms with Crippen LogP contribution < -0.4 is 0 Å². The molecule has 0 radical (unpaired) electrons. The summed E-state index contributed by atoms with van der Waals surface area (Å²) in [6.45, 7) is 6.64. The minimum absolute atomic E-state index is 0.0687. The molecule has 0 N–H and O–H groups in total. The monoisotopic (exact) mass is 1010 g/mol. The molecule has 0 fully saturated rings. The van der Waals surface area contributed by atoms with Crippen LogP contribution in [0.2, 0.25) is 0 Å². The number of esters is 3. The highest BCUT2D eigenvalue weighted by atomic mass is 16.6. The van der Waals surface area contributed by atoms with Crippen LogP contribution in [0, 0.1) is 0 Å². The smallest absolute Gasteiger partial charge is 0.306 e. The van der Waals surface area contributed by atoms with E-state index in [0.29, 0.717) is 19.3 Å². The molecule has 72 heavy (non-hydrogen) atoms. The summed E-state index contributed by atoms with van der Waals surface area (Å²) in [6.07, 6.45) is 74.6. The van der Waals surface area contributed by atoms with Crippen LogP contribution in [0.1, 0.15) is 348 Å². The summed E-state index contributed by atoms with van der Waals surface area (Å²) < 4.78 is 16.9. The molecule has 6 nitrogen and oxygen atoms in total. The van der Waals surface area contributed by atoms with Crippen molar-refractivity contribution < 1.29 is 28.6 Å². The molecule has 0 heterocycles. The number of allylic oxidation sites excluding steroid dienone is 6. The van der Waals surface area contributed by atoms with Crippen molar-refractivity contribution in [3.63, 3.8) is 0 Å². The summed E-state index contributed by atoms with van der Waals surface area (Å²) in [7, 11) is 0. The Labute approximate surface area is 448 Å². The van der Waals surface area contributed by atoms with Crippen LogP contribution in [0.3, 0.4) is 0 Å². The summed E-state index contributed by atoms with van der Waals surface area (Å²) in [4.78, 5) is 38.1. The molecule has 422 valence electrons. The molecule has 6 heteroatoms. The van der Waals surface area contributed by atoms with Crippen molar-refractivity contribution in [1.29, 1.82) is 0 Å². The van der Waals surface area contributed by atoms with Gasteiger partial charge in [0.15, 0.2) is 6.10 Å². The fourth-order valence-electron chi connectivity index (χ4n) is 9.53. The lowest BCUT2D eigenvalue weighted by molar-refractivity contribution is -0.167. The molecule has 0 aromatic carbocycles. The van der Waals surface area contributed by atoms with E-state index in [4.69, 9.17) is 14.2 Å². The van der Waals surface area contributed by atoms with E-state index in [1.807, 2.05) is 0 Å². The third-order valence-electron chi connectivity index (χ3n) is 14.4. The van der Waals surface area contributed by atoms with Gasteiger partial charge in [0, 0.05) is 19.3 Å². The maximum Gasteiger partial charge on any atom is 0.306 e. The zero-order chi connectivity index (χ0) is 52.2. The number of unbranched alkanes of at least 4 members (excludes halogenated alkanes) is 42. The molecule has 0 rings (SSSR count). The lowest BCUT2D eigenvalue weighted by atomic mass is 10.0. The quantitative estimate of drug-likeness (QED) is 0.0261. The lowest BCUT2D eigenvalue weighted by Crippen LogP contribution is -2.30. The molecule has 0 aliphatic heterocycles. The van der Waals surface area contributed by atoms with Crippen molar-refractivity contribution in [3.8, 4) is 0 Å². The third-order valence-corrected chi connectivity index (χ3v) is 14.4. The first-order valence-electron chi connectivity index (χ1n) is 32.0. The molecule has 0 aromatic rings. The molecule has 1 unspecified atom stereocenters. The van der Waals surface area contributed by atoms with Gasteiger partial charge in [0.2, 0.25) is 0 Å². The van der Waals surface area contributed by atoms with E-state index in [-0.39, 0.29) is 31.1 Å². The van der Waals surface area contributed by atoms with E-state index in [1.54, 1.807) is 0 Å². The predicted octanol–water partition coefficient (Wildman–Crippen LogP) is 21.6. The highest BCUT2D eigenvalue weighted by Crippen LogP contribution is 2.17. The lowest BCUT2D eigenvalue weighted by Gasteiger charge is -2.18. The summed E-state index contributed by atoms with van der Waals surface area (Å²) in [5, 5.41) is 0. The Bertz CT molecular complexity index is 1210. The highest BCUT2D eigenvalue weighted by Gasteiger charge is 2.19. The number of carbonyl (C=O) groups excluding carboxylic acids is 3. The number of hydrogen-bond donors (Lipinski definition) is 0. The Morgan fingerprint density at radius 3 is 0.778 bits per heavy atom. The van der Waals surface area contributed by atoms with E-state index >= 15 is 0 Å². The number of hydrogen-bond acceptors (Lipinski definition) is 6. The standard InChI is InChI=1S/C66H122O6/c1-4-7-10-13-16-19-21-23-25-27-29-30-31-32-33-34-35-36-38-39-41-43-45-47-50-53-56-59-65(68)71-62-63(61-70-64(67)58-55-52-49-18-15-12-9-6-3)72-66(69)60-57-54-51-48-46-44-42-40-37-28-26-24-22-20-17-14-11-8-5-2/h21,23-24,26-27,29,63H,4-20,22,25,28,30-62H2,1-3H3/b23-21-,26-24-,29-27-. The molecule has 1 atom stereocenters. The highest BCUT2D eigenvalue weighted by molar-refractivity contribution is 5.71. The van der Waals surface area contributed by atoms with Crippen LogP contribution in [0.5, 0.6) is 0 Å². The second-order valence-electron chi connectivity index (χ2n) is 21.7. The first kappa shape index (κ1) is 69.6. The summed E-state index contributed by atoms with van der Waals surface area (Å²) in [5.74, 6) is -0.855. The number of ether oxygens (including phenoxy) is 3. The van der Waals surface area contributed by atoms with E-state index in [0.717, 1.165) is 64.2 Å². The van der Waals surface area contributed by atoms with Crippen LogP contribution in [-0.4, -0.2) is 37.2 Å². The van der Waals surface area contributed by atoms with Crippen molar-refractivity contribution in [3.05, 3.63) is 36.5 Å². The number of carbonyl (C=O) groups is 3. The maximum absolute atomic E-state index is 12.9. The molecule has 0 amide bonds. The Morgan fingerprint density at radius 2 is 0.500 bits per heavy atom.